The third kappa shape index (κ3) is 5.16. The highest BCUT2D eigenvalue weighted by molar-refractivity contribution is 5.29. The van der Waals surface area contributed by atoms with E-state index in [2.05, 4.69) is 71.1 Å². The van der Waals surface area contributed by atoms with Gasteiger partial charge in [0.25, 0.3) is 0 Å². The van der Waals surface area contributed by atoms with Gasteiger partial charge < -0.3 is 10.1 Å². The van der Waals surface area contributed by atoms with Gasteiger partial charge >= 0.3 is 0 Å². The molecule has 0 aliphatic heterocycles. The normalized spacial score (nSPS) is 14.6. The Bertz CT molecular complexity index is 370. The molecule has 114 valence electrons. The van der Waals surface area contributed by atoms with E-state index < -0.39 is 0 Å². The van der Waals surface area contributed by atoms with Crippen LogP contribution in [0.2, 0.25) is 0 Å². The Hall–Kier alpha value is -1.02. The average Bonchev–Trinajstić information content (AvgIpc) is 2.40. The molecule has 0 amide bonds. The molecule has 0 aliphatic carbocycles. The molecule has 0 fully saturated rings. The molecule has 2 atom stereocenters. The molecular formula is C18H31NO. The summed E-state index contributed by atoms with van der Waals surface area (Å²) in [7, 11) is 0. The summed E-state index contributed by atoms with van der Waals surface area (Å²) >= 11 is 0. The van der Waals surface area contributed by atoms with Crippen LogP contribution in [0.15, 0.2) is 24.3 Å². The molecule has 1 aromatic rings. The summed E-state index contributed by atoms with van der Waals surface area (Å²) in [6, 6.07) is 8.99. The van der Waals surface area contributed by atoms with Gasteiger partial charge in [-0.25, -0.2) is 0 Å². The van der Waals surface area contributed by atoms with E-state index in [1.807, 2.05) is 0 Å². The second kappa shape index (κ2) is 8.31. The first kappa shape index (κ1) is 17.0. The van der Waals surface area contributed by atoms with Crippen LogP contribution in [-0.4, -0.2) is 12.6 Å². The van der Waals surface area contributed by atoms with Crippen LogP contribution in [0.25, 0.3) is 0 Å². The number of benzene rings is 1. The third-order valence-electron chi connectivity index (χ3n) is 3.80. The van der Waals surface area contributed by atoms with Crippen LogP contribution < -0.4 is 10.1 Å². The van der Waals surface area contributed by atoms with E-state index in [0.717, 1.165) is 18.7 Å². The van der Waals surface area contributed by atoms with Gasteiger partial charge in [0.2, 0.25) is 0 Å². The molecule has 2 unspecified atom stereocenters. The summed E-state index contributed by atoms with van der Waals surface area (Å²) in [5.74, 6) is 2.23. The van der Waals surface area contributed by atoms with Gasteiger partial charge in [0.1, 0.15) is 5.75 Å². The van der Waals surface area contributed by atoms with Crippen LogP contribution in [0.1, 0.15) is 59.6 Å². The van der Waals surface area contributed by atoms with E-state index >= 15 is 0 Å². The highest BCUT2D eigenvalue weighted by Gasteiger charge is 2.21. The molecule has 0 saturated carbocycles. The predicted octanol–water partition coefficient (Wildman–Crippen LogP) is 4.81. The predicted molar refractivity (Wildman–Crippen MR) is 87.2 cm³/mol. The second-order valence-electron chi connectivity index (χ2n) is 6.27. The van der Waals surface area contributed by atoms with Crippen molar-refractivity contribution in [2.75, 3.05) is 6.54 Å². The van der Waals surface area contributed by atoms with E-state index in [0.29, 0.717) is 17.9 Å². The van der Waals surface area contributed by atoms with Gasteiger partial charge in [-0.15, -0.1) is 0 Å². The van der Waals surface area contributed by atoms with Crippen LogP contribution in [0, 0.1) is 11.8 Å². The summed E-state index contributed by atoms with van der Waals surface area (Å²) in [6.45, 7) is 14.3. The van der Waals surface area contributed by atoms with Crippen molar-refractivity contribution in [1.82, 2.24) is 5.32 Å². The molecule has 1 rings (SSSR count). The summed E-state index contributed by atoms with van der Waals surface area (Å²) < 4.78 is 5.72. The monoisotopic (exact) mass is 277 g/mol. The quantitative estimate of drug-likeness (QED) is 0.736. The number of rotatable bonds is 8. The number of ether oxygens (including phenoxy) is 1. The van der Waals surface area contributed by atoms with Crippen molar-refractivity contribution in [2.24, 2.45) is 11.8 Å². The highest BCUT2D eigenvalue weighted by Crippen LogP contribution is 2.29. The lowest BCUT2D eigenvalue weighted by molar-refractivity contribution is 0.242. The van der Waals surface area contributed by atoms with E-state index in [9.17, 15) is 0 Å². The van der Waals surface area contributed by atoms with Gasteiger partial charge in [0.15, 0.2) is 0 Å². The van der Waals surface area contributed by atoms with Crippen molar-refractivity contribution in [2.45, 2.75) is 60.1 Å². The Labute approximate surface area is 124 Å². The minimum absolute atomic E-state index is 0.226. The lowest BCUT2D eigenvalue weighted by Gasteiger charge is -2.28. The fourth-order valence-electron chi connectivity index (χ4n) is 2.32. The molecule has 1 N–H and O–H groups in total. The maximum Gasteiger partial charge on any atom is 0.119 e. The van der Waals surface area contributed by atoms with Crippen molar-refractivity contribution >= 4 is 0 Å². The maximum absolute atomic E-state index is 5.72. The molecule has 0 bridgehead atoms. The molecule has 0 heterocycles. The Morgan fingerprint density at radius 3 is 2.05 bits per heavy atom. The zero-order valence-electron chi connectivity index (χ0n) is 13.9. The van der Waals surface area contributed by atoms with Crippen molar-refractivity contribution in [3.8, 4) is 5.75 Å². The first-order chi connectivity index (χ1) is 9.45. The standard InChI is InChI=1S/C18H31NO/c1-7-12-19-18(15(6)13(2)3)16-8-10-17(11-9-16)20-14(4)5/h8-11,13-15,18-19H,7,12H2,1-6H3. The van der Waals surface area contributed by atoms with E-state index in [-0.39, 0.29) is 6.10 Å². The second-order valence-corrected chi connectivity index (χ2v) is 6.27. The Morgan fingerprint density at radius 1 is 1.00 bits per heavy atom. The van der Waals surface area contributed by atoms with Crippen molar-refractivity contribution < 1.29 is 4.74 Å². The lowest BCUT2D eigenvalue weighted by Crippen LogP contribution is -2.30. The summed E-state index contributed by atoms with van der Waals surface area (Å²) in [6.07, 6.45) is 1.39. The molecule has 0 aromatic heterocycles. The van der Waals surface area contributed by atoms with Gasteiger partial charge in [-0.05, 0) is 56.3 Å². The van der Waals surface area contributed by atoms with Crippen molar-refractivity contribution in [3.05, 3.63) is 29.8 Å². The molecule has 0 spiro atoms. The molecule has 0 aliphatic rings. The summed E-state index contributed by atoms with van der Waals surface area (Å²) in [5.41, 5.74) is 1.36. The molecule has 2 heteroatoms. The SMILES string of the molecule is CCCNC(c1ccc(OC(C)C)cc1)C(C)C(C)C. The fraction of sp³-hybridized carbons (Fsp3) is 0.667. The van der Waals surface area contributed by atoms with Crippen LogP contribution in [0.4, 0.5) is 0 Å². The van der Waals surface area contributed by atoms with Crippen molar-refractivity contribution in [1.29, 1.82) is 0 Å². The number of nitrogens with one attached hydrogen (secondary N) is 1. The first-order valence-electron chi connectivity index (χ1n) is 7.95. The summed E-state index contributed by atoms with van der Waals surface area (Å²) in [5, 5.41) is 3.69. The molecule has 0 saturated heterocycles. The largest absolute Gasteiger partial charge is 0.491 e. The average molecular weight is 277 g/mol. The van der Waals surface area contributed by atoms with Gasteiger partial charge in [-0.2, -0.15) is 0 Å². The third-order valence-corrected chi connectivity index (χ3v) is 3.80. The zero-order chi connectivity index (χ0) is 15.1. The van der Waals surface area contributed by atoms with E-state index in [1.54, 1.807) is 0 Å². The van der Waals surface area contributed by atoms with E-state index in [1.165, 1.54) is 5.56 Å². The molecule has 20 heavy (non-hydrogen) atoms. The number of hydrogen-bond donors (Lipinski definition) is 1. The highest BCUT2D eigenvalue weighted by atomic mass is 16.5. The van der Waals surface area contributed by atoms with Gasteiger partial charge in [-0.1, -0.05) is 39.8 Å². The molecule has 2 nitrogen and oxygen atoms in total. The Balaban J connectivity index is 2.84. The number of hydrogen-bond acceptors (Lipinski definition) is 2. The van der Waals surface area contributed by atoms with Gasteiger partial charge in [0, 0.05) is 6.04 Å². The topological polar surface area (TPSA) is 21.3 Å². The van der Waals surface area contributed by atoms with Crippen LogP contribution in [0.3, 0.4) is 0 Å². The first-order valence-corrected chi connectivity index (χ1v) is 7.95. The van der Waals surface area contributed by atoms with Crippen LogP contribution >= 0.6 is 0 Å². The minimum Gasteiger partial charge on any atom is -0.491 e. The Morgan fingerprint density at radius 2 is 1.60 bits per heavy atom. The molecular weight excluding hydrogens is 246 g/mol. The Kier molecular flexibility index (Phi) is 7.08. The minimum atomic E-state index is 0.226. The van der Waals surface area contributed by atoms with Gasteiger partial charge in [0.05, 0.1) is 6.10 Å². The van der Waals surface area contributed by atoms with Crippen LogP contribution in [0.5, 0.6) is 5.75 Å². The van der Waals surface area contributed by atoms with Crippen molar-refractivity contribution in [3.63, 3.8) is 0 Å². The molecule has 1 aromatic carbocycles. The maximum atomic E-state index is 5.72. The van der Waals surface area contributed by atoms with Gasteiger partial charge in [-0.3, -0.25) is 0 Å². The lowest BCUT2D eigenvalue weighted by atomic mass is 9.86. The smallest absolute Gasteiger partial charge is 0.119 e. The fourth-order valence-corrected chi connectivity index (χ4v) is 2.32. The summed E-state index contributed by atoms with van der Waals surface area (Å²) in [4.78, 5) is 0. The van der Waals surface area contributed by atoms with Crippen LogP contribution in [-0.2, 0) is 0 Å². The van der Waals surface area contributed by atoms with E-state index in [4.69, 9.17) is 4.74 Å². The zero-order valence-corrected chi connectivity index (χ0v) is 13.9. The molecule has 0 radical (unpaired) electrons.